The van der Waals surface area contributed by atoms with E-state index in [0.717, 1.165) is 10.4 Å². The summed E-state index contributed by atoms with van der Waals surface area (Å²) in [6, 6.07) is 7.22. The summed E-state index contributed by atoms with van der Waals surface area (Å²) >= 11 is 13.6. The highest BCUT2D eigenvalue weighted by Gasteiger charge is 2.07. The molecule has 1 aromatic carbocycles. The summed E-state index contributed by atoms with van der Waals surface area (Å²) in [6.45, 7) is 0.460. The molecule has 0 amide bonds. The number of ether oxygens (including phenoxy) is 1. The van der Waals surface area contributed by atoms with Crippen LogP contribution in [-0.4, -0.2) is 11.7 Å². The Morgan fingerprint density at radius 3 is 2.90 bits per heavy atom. The topological polar surface area (TPSA) is 29.5 Å². The van der Waals surface area contributed by atoms with Crippen LogP contribution in [0.5, 0.6) is 5.75 Å². The fourth-order valence-corrected chi connectivity index (χ4v) is 2.60. The van der Waals surface area contributed by atoms with Crippen LogP contribution in [0.3, 0.4) is 0 Å². The summed E-state index contributed by atoms with van der Waals surface area (Å²) in [4.78, 5) is 1.02. The first-order valence-electron chi connectivity index (χ1n) is 5.95. The van der Waals surface area contributed by atoms with Crippen molar-refractivity contribution in [3.63, 3.8) is 0 Å². The van der Waals surface area contributed by atoms with Crippen molar-refractivity contribution in [3.05, 3.63) is 50.1 Å². The molecule has 2 aromatic rings. The van der Waals surface area contributed by atoms with E-state index < -0.39 is 0 Å². The van der Waals surface area contributed by atoms with Crippen molar-refractivity contribution in [2.45, 2.75) is 13.0 Å². The van der Waals surface area contributed by atoms with Crippen LogP contribution in [0, 0.1) is 11.8 Å². The second-order valence-electron chi connectivity index (χ2n) is 3.87. The molecule has 0 aliphatic rings. The lowest BCUT2D eigenvalue weighted by Gasteiger charge is -2.08. The molecular weight excluding hydrogens is 315 g/mol. The van der Waals surface area contributed by atoms with Crippen LogP contribution in [-0.2, 0) is 6.61 Å². The summed E-state index contributed by atoms with van der Waals surface area (Å²) in [6.07, 6.45) is 0.469. The molecule has 0 spiro atoms. The molecule has 0 bridgehead atoms. The van der Waals surface area contributed by atoms with Crippen molar-refractivity contribution in [1.29, 1.82) is 0 Å². The van der Waals surface area contributed by atoms with E-state index in [9.17, 15) is 0 Å². The first-order valence-corrected chi connectivity index (χ1v) is 7.59. The van der Waals surface area contributed by atoms with Crippen molar-refractivity contribution < 1.29 is 9.84 Å². The number of hydrogen-bond donors (Lipinski definition) is 1. The molecule has 5 heteroatoms. The lowest BCUT2D eigenvalue weighted by molar-refractivity contribution is 0.305. The number of halogens is 2. The van der Waals surface area contributed by atoms with Crippen LogP contribution in [0.2, 0.25) is 10.0 Å². The summed E-state index contributed by atoms with van der Waals surface area (Å²) in [5.41, 5.74) is 0.918. The average Bonchev–Trinajstić information content (AvgIpc) is 2.88. The Bertz CT molecular complexity index is 641. The van der Waals surface area contributed by atoms with Crippen molar-refractivity contribution in [2.24, 2.45) is 0 Å². The van der Waals surface area contributed by atoms with Gasteiger partial charge in [0.25, 0.3) is 0 Å². The second-order valence-corrected chi connectivity index (χ2v) is 5.66. The van der Waals surface area contributed by atoms with Gasteiger partial charge in [-0.25, -0.2) is 0 Å². The van der Waals surface area contributed by atoms with E-state index in [0.29, 0.717) is 28.8 Å². The predicted octanol–water partition coefficient (Wildman–Crippen LogP) is 4.37. The van der Waals surface area contributed by atoms with Crippen LogP contribution >= 0.6 is 34.5 Å². The molecule has 1 heterocycles. The first-order chi connectivity index (χ1) is 9.72. The van der Waals surface area contributed by atoms with Gasteiger partial charge in [-0.15, -0.1) is 11.3 Å². The lowest BCUT2D eigenvalue weighted by Crippen LogP contribution is -1.95. The van der Waals surface area contributed by atoms with Gasteiger partial charge in [0.2, 0.25) is 0 Å². The Hall–Kier alpha value is -1.18. The molecule has 0 aliphatic heterocycles. The SMILES string of the molecule is OCCC#Cc1ccsc1COc1cccc(Cl)c1Cl. The van der Waals surface area contributed by atoms with E-state index in [1.165, 1.54) is 0 Å². The van der Waals surface area contributed by atoms with Gasteiger partial charge in [0.05, 0.1) is 16.5 Å². The van der Waals surface area contributed by atoms with Crippen LogP contribution in [0.1, 0.15) is 16.9 Å². The van der Waals surface area contributed by atoms with Crippen LogP contribution < -0.4 is 4.74 Å². The van der Waals surface area contributed by atoms with Crippen molar-refractivity contribution in [2.75, 3.05) is 6.61 Å². The van der Waals surface area contributed by atoms with Crippen molar-refractivity contribution in [1.82, 2.24) is 0 Å². The normalized spacial score (nSPS) is 9.95. The largest absolute Gasteiger partial charge is 0.486 e. The van der Waals surface area contributed by atoms with Gasteiger partial charge < -0.3 is 9.84 Å². The van der Waals surface area contributed by atoms with Gasteiger partial charge in [0.1, 0.15) is 17.4 Å². The third-order valence-electron chi connectivity index (χ3n) is 2.48. The molecule has 2 nitrogen and oxygen atoms in total. The minimum atomic E-state index is 0.0705. The van der Waals surface area contributed by atoms with Gasteiger partial charge in [-0.1, -0.05) is 41.1 Å². The molecule has 0 aliphatic carbocycles. The maximum absolute atomic E-state index is 8.72. The zero-order valence-electron chi connectivity index (χ0n) is 10.5. The Labute approximate surface area is 131 Å². The Morgan fingerprint density at radius 1 is 1.25 bits per heavy atom. The maximum atomic E-state index is 8.72. The van der Waals surface area contributed by atoms with Crippen LogP contribution in [0.4, 0.5) is 0 Å². The predicted molar refractivity (Wildman–Crippen MR) is 83.7 cm³/mol. The number of hydrogen-bond acceptors (Lipinski definition) is 3. The quantitative estimate of drug-likeness (QED) is 0.845. The van der Waals surface area contributed by atoms with E-state index >= 15 is 0 Å². The highest BCUT2D eigenvalue weighted by atomic mass is 35.5. The summed E-state index contributed by atoms with van der Waals surface area (Å²) < 4.78 is 5.69. The van der Waals surface area contributed by atoms with Gasteiger partial charge >= 0.3 is 0 Å². The fourth-order valence-electron chi connectivity index (χ4n) is 1.52. The molecule has 0 fully saturated rings. The van der Waals surface area contributed by atoms with Gasteiger partial charge in [0, 0.05) is 12.0 Å². The molecule has 1 N–H and O–H groups in total. The Morgan fingerprint density at radius 2 is 2.10 bits per heavy atom. The van der Waals surface area contributed by atoms with Crippen LogP contribution in [0.25, 0.3) is 0 Å². The smallest absolute Gasteiger partial charge is 0.139 e. The molecule has 104 valence electrons. The van der Waals surface area contributed by atoms with E-state index in [1.807, 2.05) is 11.4 Å². The van der Waals surface area contributed by atoms with Gasteiger partial charge in [0.15, 0.2) is 0 Å². The molecule has 2 rings (SSSR count). The summed E-state index contributed by atoms with van der Waals surface area (Å²) in [5, 5.41) is 11.6. The number of thiophene rings is 1. The average molecular weight is 327 g/mol. The number of aliphatic hydroxyl groups excluding tert-OH is 1. The molecule has 1 aromatic heterocycles. The molecule has 0 atom stereocenters. The highest BCUT2D eigenvalue weighted by Crippen LogP contribution is 2.32. The van der Waals surface area contributed by atoms with E-state index in [1.54, 1.807) is 29.5 Å². The Balaban J connectivity index is 2.07. The number of aliphatic hydroxyl groups is 1. The third-order valence-corrected chi connectivity index (χ3v) is 4.18. The zero-order chi connectivity index (χ0) is 14.4. The minimum absolute atomic E-state index is 0.0705. The lowest BCUT2D eigenvalue weighted by atomic mass is 10.2. The molecule has 20 heavy (non-hydrogen) atoms. The van der Waals surface area contributed by atoms with Crippen LogP contribution in [0.15, 0.2) is 29.6 Å². The molecule has 0 unspecified atom stereocenters. The minimum Gasteiger partial charge on any atom is -0.486 e. The molecule has 0 radical (unpaired) electrons. The van der Waals surface area contributed by atoms with Crippen molar-refractivity contribution >= 4 is 34.5 Å². The number of benzene rings is 1. The summed E-state index contributed by atoms with van der Waals surface area (Å²) in [7, 11) is 0. The Kier molecular flexibility index (Phi) is 5.75. The first kappa shape index (κ1) is 15.2. The van der Waals surface area contributed by atoms with Gasteiger partial charge in [-0.3, -0.25) is 0 Å². The van der Waals surface area contributed by atoms with E-state index in [2.05, 4.69) is 11.8 Å². The second kappa shape index (κ2) is 7.56. The standard InChI is InChI=1S/C15H12Cl2O2S/c16-12-5-3-6-13(15(12)17)19-10-14-11(7-9-20-14)4-1-2-8-18/h3,5-7,9,18H,2,8,10H2. The van der Waals surface area contributed by atoms with E-state index in [4.69, 9.17) is 33.0 Å². The molecule has 0 saturated heterocycles. The molecular formula is C15H12Cl2O2S. The zero-order valence-corrected chi connectivity index (χ0v) is 12.9. The van der Waals surface area contributed by atoms with Crippen molar-refractivity contribution in [3.8, 4) is 17.6 Å². The highest BCUT2D eigenvalue weighted by molar-refractivity contribution is 7.10. The number of rotatable bonds is 4. The van der Waals surface area contributed by atoms with Gasteiger partial charge in [-0.2, -0.15) is 0 Å². The molecule has 0 saturated carbocycles. The maximum Gasteiger partial charge on any atom is 0.139 e. The summed E-state index contributed by atoms with van der Waals surface area (Å²) in [5.74, 6) is 6.48. The van der Waals surface area contributed by atoms with Gasteiger partial charge in [-0.05, 0) is 23.6 Å². The van der Waals surface area contributed by atoms with E-state index in [-0.39, 0.29) is 6.61 Å². The fraction of sp³-hybridized carbons (Fsp3) is 0.200. The monoisotopic (exact) mass is 326 g/mol. The third kappa shape index (κ3) is 3.91.